The van der Waals surface area contributed by atoms with E-state index in [1.165, 1.54) is 0 Å². The summed E-state index contributed by atoms with van der Waals surface area (Å²) in [4.78, 5) is 30.9. The van der Waals surface area contributed by atoms with Crippen LogP contribution in [0, 0.1) is 18.8 Å². The van der Waals surface area contributed by atoms with E-state index in [9.17, 15) is 14.7 Å². The Bertz CT molecular complexity index is 891. The van der Waals surface area contributed by atoms with E-state index in [0.717, 1.165) is 29.7 Å². The molecule has 1 N–H and O–H groups in total. The molecule has 0 radical (unpaired) electrons. The van der Waals surface area contributed by atoms with Crippen molar-refractivity contribution in [3.8, 4) is 11.3 Å². The summed E-state index contributed by atoms with van der Waals surface area (Å²) in [6.07, 6.45) is 3.67. The molecule has 1 aromatic carbocycles. The van der Waals surface area contributed by atoms with Crippen LogP contribution in [0.3, 0.4) is 0 Å². The molecule has 2 aliphatic rings. The van der Waals surface area contributed by atoms with Crippen molar-refractivity contribution in [3.05, 3.63) is 53.7 Å². The Kier molecular flexibility index (Phi) is 5.62. The number of aromatic nitrogens is 1. The second-order valence-electron chi connectivity index (χ2n) is 7.89. The Labute approximate surface area is 170 Å². The highest BCUT2D eigenvalue weighted by molar-refractivity contribution is 5.97. The Balaban J connectivity index is 1.46. The lowest BCUT2D eigenvalue weighted by atomic mass is 9.84. The lowest BCUT2D eigenvalue weighted by Gasteiger charge is -2.35. The van der Waals surface area contributed by atoms with Crippen LogP contribution in [0.2, 0.25) is 0 Å². The number of aliphatic carboxylic acids is 1. The van der Waals surface area contributed by atoms with Crippen molar-refractivity contribution in [1.29, 1.82) is 0 Å². The summed E-state index contributed by atoms with van der Waals surface area (Å²) in [6, 6.07) is 11.5. The summed E-state index contributed by atoms with van der Waals surface area (Å²) in [5, 5.41) is 9.40. The number of hydrogen-bond donors (Lipinski definition) is 1. The highest BCUT2D eigenvalue weighted by atomic mass is 16.5. The Morgan fingerprint density at radius 1 is 1.10 bits per heavy atom. The number of carbonyl (C=O) groups excluding carboxylic acids is 1. The SMILES string of the molecule is Cc1c(C(=O)N2CCC([C@@H]3OCCC3C(=O)O)CC2)cccc1-c1ccccn1. The van der Waals surface area contributed by atoms with Crippen LogP contribution >= 0.6 is 0 Å². The molecule has 0 aliphatic carbocycles. The van der Waals surface area contributed by atoms with Crippen molar-refractivity contribution in [2.24, 2.45) is 11.8 Å². The normalized spacial score (nSPS) is 22.6. The molecule has 2 aliphatic heterocycles. The molecular formula is C23H26N2O4. The molecule has 1 unspecified atom stereocenters. The van der Waals surface area contributed by atoms with E-state index in [1.807, 2.05) is 48.2 Å². The molecule has 0 saturated carbocycles. The molecule has 152 valence electrons. The zero-order chi connectivity index (χ0) is 20.4. The van der Waals surface area contributed by atoms with Gasteiger partial charge in [0.25, 0.3) is 5.91 Å². The fourth-order valence-electron chi connectivity index (χ4n) is 4.61. The Hall–Kier alpha value is -2.73. The highest BCUT2D eigenvalue weighted by Gasteiger charge is 2.40. The average Bonchev–Trinajstić information content (AvgIpc) is 3.24. The van der Waals surface area contributed by atoms with Crippen LogP contribution in [0.1, 0.15) is 35.2 Å². The monoisotopic (exact) mass is 394 g/mol. The molecule has 2 saturated heterocycles. The summed E-state index contributed by atoms with van der Waals surface area (Å²) >= 11 is 0. The molecular weight excluding hydrogens is 368 g/mol. The van der Waals surface area contributed by atoms with Gasteiger partial charge in [-0.1, -0.05) is 18.2 Å². The van der Waals surface area contributed by atoms with E-state index in [1.54, 1.807) is 6.20 Å². The van der Waals surface area contributed by atoms with Gasteiger partial charge in [-0.3, -0.25) is 14.6 Å². The van der Waals surface area contributed by atoms with Crippen LogP contribution in [-0.4, -0.2) is 52.7 Å². The van der Waals surface area contributed by atoms with Gasteiger partial charge in [-0.05, 0) is 55.9 Å². The first-order valence-electron chi connectivity index (χ1n) is 10.2. The van der Waals surface area contributed by atoms with Gasteiger partial charge < -0.3 is 14.7 Å². The second-order valence-corrected chi connectivity index (χ2v) is 7.89. The van der Waals surface area contributed by atoms with E-state index < -0.39 is 11.9 Å². The molecule has 29 heavy (non-hydrogen) atoms. The van der Waals surface area contributed by atoms with Crippen molar-refractivity contribution < 1.29 is 19.4 Å². The minimum absolute atomic E-state index is 0.0286. The molecule has 3 heterocycles. The molecule has 2 fully saturated rings. The van der Waals surface area contributed by atoms with Crippen LogP contribution in [-0.2, 0) is 9.53 Å². The number of rotatable bonds is 4. The Morgan fingerprint density at radius 2 is 1.90 bits per heavy atom. The predicted octanol–water partition coefficient (Wildman–Crippen LogP) is 3.40. The van der Waals surface area contributed by atoms with Crippen molar-refractivity contribution in [2.45, 2.75) is 32.3 Å². The number of piperidine rings is 1. The van der Waals surface area contributed by atoms with Crippen molar-refractivity contribution in [1.82, 2.24) is 9.88 Å². The standard InChI is InChI=1S/C23H26N2O4/c1-15-17(20-7-2-3-11-24-20)5-4-6-18(15)22(26)25-12-8-16(9-13-25)21-19(23(27)28)10-14-29-21/h2-7,11,16,19,21H,8-10,12-14H2,1H3,(H,27,28)/t19?,21-/m0/s1. The van der Waals surface area contributed by atoms with Crippen LogP contribution in [0.4, 0.5) is 0 Å². The van der Waals surface area contributed by atoms with Gasteiger partial charge in [0.15, 0.2) is 0 Å². The smallest absolute Gasteiger partial charge is 0.309 e. The lowest BCUT2D eigenvalue weighted by Crippen LogP contribution is -2.43. The number of pyridine rings is 1. The Morgan fingerprint density at radius 3 is 2.59 bits per heavy atom. The fraction of sp³-hybridized carbons (Fsp3) is 0.435. The summed E-state index contributed by atoms with van der Waals surface area (Å²) in [6.45, 7) is 3.74. The molecule has 0 spiro atoms. The molecule has 2 atom stereocenters. The van der Waals surface area contributed by atoms with Crippen molar-refractivity contribution in [3.63, 3.8) is 0 Å². The maximum atomic E-state index is 13.2. The van der Waals surface area contributed by atoms with Crippen LogP contribution in [0.15, 0.2) is 42.6 Å². The van der Waals surface area contributed by atoms with E-state index >= 15 is 0 Å². The fourth-order valence-corrected chi connectivity index (χ4v) is 4.61. The van der Waals surface area contributed by atoms with E-state index in [2.05, 4.69) is 4.98 Å². The van der Waals surface area contributed by atoms with Gasteiger partial charge in [-0.25, -0.2) is 0 Å². The number of carboxylic acid groups (broad SMARTS) is 1. The van der Waals surface area contributed by atoms with Gasteiger partial charge in [-0.15, -0.1) is 0 Å². The number of benzene rings is 1. The van der Waals surface area contributed by atoms with Crippen LogP contribution < -0.4 is 0 Å². The summed E-state index contributed by atoms with van der Waals surface area (Å²) in [5.74, 6) is -0.961. The maximum Gasteiger partial charge on any atom is 0.309 e. The van der Waals surface area contributed by atoms with Gasteiger partial charge >= 0.3 is 5.97 Å². The van der Waals surface area contributed by atoms with Crippen LogP contribution in [0.25, 0.3) is 11.3 Å². The summed E-state index contributed by atoms with van der Waals surface area (Å²) in [5.41, 5.74) is 3.46. The third-order valence-corrected chi connectivity index (χ3v) is 6.25. The number of nitrogens with zero attached hydrogens (tertiary/aromatic N) is 2. The van der Waals surface area contributed by atoms with E-state index in [-0.39, 0.29) is 17.9 Å². The molecule has 6 heteroatoms. The highest BCUT2D eigenvalue weighted by Crippen LogP contribution is 2.34. The molecule has 4 rings (SSSR count). The first kappa shape index (κ1) is 19.6. The number of ether oxygens (including phenoxy) is 1. The van der Waals surface area contributed by atoms with Crippen molar-refractivity contribution >= 4 is 11.9 Å². The van der Waals surface area contributed by atoms with Gasteiger partial charge in [0, 0.05) is 37.0 Å². The zero-order valence-corrected chi connectivity index (χ0v) is 16.6. The second kappa shape index (κ2) is 8.33. The van der Waals surface area contributed by atoms with Gasteiger partial charge in [0.2, 0.25) is 0 Å². The number of carbonyl (C=O) groups is 2. The first-order valence-corrected chi connectivity index (χ1v) is 10.2. The molecule has 1 aromatic heterocycles. The van der Waals surface area contributed by atoms with Gasteiger partial charge in [0.05, 0.1) is 17.7 Å². The third kappa shape index (κ3) is 3.90. The van der Waals surface area contributed by atoms with E-state index in [4.69, 9.17) is 4.74 Å². The van der Waals surface area contributed by atoms with Gasteiger partial charge in [-0.2, -0.15) is 0 Å². The third-order valence-electron chi connectivity index (χ3n) is 6.25. The zero-order valence-electron chi connectivity index (χ0n) is 16.6. The quantitative estimate of drug-likeness (QED) is 0.860. The predicted molar refractivity (Wildman–Crippen MR) is 109 cm³/mol. The molecule has 1 amide bonds. The van der Waals surface area contributed by atoms with Crippen molar-refractivity contribution in [2.75, 3.05) is 19.7 Å². The van der Waals surface area contributed by atoms with Crippen LogP contribution in [0.5, 0.6) is 0 Å². The number of carboxylic acids is 1. The topological polar surface area (TPSA) is 79.7 Å². The first-order chi connectivity index (χ1) is 14.1. The van der Waals surface area contributed by atoms with E-state index in [0.29, 0.717) is 31.7 Å². The number of amides is 1. The number of hydrogen-bond acceptors (Lipinski definition) is 4. The van der Waals surface area contributed by atoms with Gasteiger partial charge in [0.1, 0.15) is 0 Å². The minimum Gasteiger partial charge on any atom is -0.481 e. The molecule has 6 nitrogen and oxygen atoms in total. The maximum absolute atomic E-state index is 13.2. The minimum atomic E-state index is -0.770. The lowest BCUT2D eigenvalue weighted by molar-refractivity contribution is -0.145. The summed E-state index contributed by atoms with van der Waals surface area (Å²) in [7, 11) is 0. The number of likely N-dealkylation sites (tertiary alicyclic amines) is 1. The molecule has 2 aromatic rings. The summed E-state index contributed by atoms with van der Waals surface area (Å²) < 4.78 is 5.74. The average molecular weight is 394 g/mol. The largest absolute Gasteiger partial charge is 0.481 e. The molecule has 0 bridgehead atoms.